The van der Waals surface area contributed by atoms with Gasteiger partial charge in [0.05, 0.1) is 11.2 Å². The van der Waals surface area contributed by atoms with Gasteiger partial charge in [0.2, 0.25) is 0 Å². The van der Waals surface area contributed by atoms with Gasteiger partial charge < -0.3 is 9.47 Å². The molecule has 0 unspecified atom stereocenters. The highest BCUT2D eigenvalue weighted by atomic mass is 16.6. The fourth-order valence-corrected chi connectivity index (χ4v) is 3.91. The maximum absolute atomic E-state index is 6.21. The van der Waals surface area contributed by atoms with Gasteiger partial charge in [-0.2, -0.15) is 0 Å². The monoisotopic (exact) mass is 226 g/mol. The van der Waals surface area contributed by atoms with E-state index >= 15 is 0 Å². The Morgan fingerprint density at radius 3 is 1.25 bits per heavy atom. The average molecular weight is 226 g/mol. The number of ether oxygens (including phenoxy) is 2. The molecule has 0 aliphatic heterocycles. The molecule has 94 valence electrons. The van der Waals surface area contributed by atoms with Crippen LogP contribution in [0.2, 0.25) is 0 Å². The fourth-order valence-electron chi connectivity index (χ4n) is 3.91. The standard InChI is InChI=1S/C14H26O2/c1-3-15-13(9-5-6-10-13)14(16-4-2)11-7-8-12-14/h3-12H2,1-2H3. The Balaban J connectivity index is 2.20. The van der Waals surface area contributed by atoms with Crippen LogP contribution >= 0.6 is 0 Å². The zero-order chi connectivity index (χ0) is 11.5. The Morgan fingerprint density at radius 2 is 1.00 bits per heavy atom. The minimum atomic E-state index is 0.0499. The predicted molar refractivity (Wildman–Crippen MR) is 65.7 cm³/mol. The van der Waals surface area contributed by atoms with Crippen LogP contribution in [0.15, 0.2) is 0 Å². The van der Waals surface area contributed by atoms with E-state index in [1.54, 1.807) is 0 Å². The molecule has 0 amide bonds. The van der Waals surface area contributed by atoms with E-state index in [9.17, 15) is 0 Å². The lowest BCUT2D eigenvalue weighted by Crippen LogP contribution is -2.54. The molecule has 0 saturated heterocycles. The smallest absolute Gasteiger partial charge is 0.0970 e. The van der Waals surface area contributed by atoms with Gasteiger partial charge in [-0.15, -0.1) is 0 Å². The second-order valence-corrected chi connectivity index (χ2v) is 5.27. The van der Waals surface area contributed by atoms with E-state index in [-0.39, 0.29) is 11.2 Å². The van der Waals surface area contributed by atoms with E-state index in [2.05, 4.69) is 13.8 Å². The first-order valence-electron chi connectivity index (χ1n) is 7.06. The van der Waals surface area contributed by atoms with E-state index in [0.29, 0.717) is 0 Å². The summed E-state index contributed by atoms with van der Waals surface area (Å²) >= 11 is 0. The van der Waals surface area contributed by atoms with Crippen LogP contribution in [0.4, 0.5) is 0 Å². The molecular weight excluding hydrogens is 200 g/mol. The van der Waals surface area contributed by atoms with Crippen LogP contribution in [0.1, 0.15) is 65.2 Å². The van der Waals surface area contributed by atoms with Crippen molar-refractivity contribution in [2.45, 2.75) is 76.4 Å². The molecule has 2 rings (SSSR count). The molecule has 0 aromatic carbocycles. The minimum Gasteiger partial charge on any atom is -0.372 e. The predicted octanol–water partition coefficient (Wildman–Crippen LogP) is 3.69. The summed E-state index contributed by atoms with van der Waals surface area (Å²) in [7, 11) is 0. The maximum atomic E-state index is 6.21. The molecule has 0 radical (unpaired) electrons. The summed E-state index contributed by atoms with van der Waals surface area (Å²) in [5.74, 6) is 0. The van der Waals surface area contributed by atoms with Crippen molar-refractivity contribution < 1.29 is 9.47 Å². The minimum absolute atomic E-state index is 0.0499. The molecule has 0 bridgehead atoms. The first-order chi connectivity index (χ1) is 7.79. The van der Waals surface area contributed by atoms with E-state index in [0.717, 1.165) is 13.2 Å². The molecular formula is C14H26O2. The Labute approximate surface area is 99.7 Å². The van der Waals surface area contributed by atoms with Crippen molar-refractivity contribution in [3.05, 3.63) is 0 Å². The molecule has 0 N–H and O–H groups in total. The first-order valence-corrected chi connectivity index (χ1v) is 7.06. The third-order valence-corrected chi connectivity index (χ3v) is 4.49. The van der Waals surface area contributed by atoms with Crippen molar-refractivity contribution in [3.8, 4) is 0 Å². The number of hydrogen-bond acceptors (Lipinski definition) is 2. The zero-order valence-electron chi connectivity index (χ0n) is 10.9. The quantitative estimate of drug-likeness (QED) is 0.712. The molecule has 0 atom stereocenters. The summed E-state index contributed by atoms with van der Waals surface area (Å²) in [6.45, 7) is 5.90. The molecule has 2 aliphatic rings. The van der Waals surface area contributed by atoms with Crippen molar-refractivity contribution in [1.82, 2.24) is 0 Å². The molecule has 2 aliphatic carbocycles. The highest BCUT2D eigenvalue weighted by Crippen LogP contribution is 2.51. The summed E-state index contributed by atoms with van der Waals surface area (Å²) in [5.41, 5.74) is 0.0997. The molecule has 2 saturated carbocycles. The summed E-state index contributed by atoms with van der Waals surface area (Å²) in [4.78, 5) is 0. The van der Waals surface area contributed by atoms with Crippen LogP contribution in [-0.4, -0.2) is 24.4 Å². The van der Waals surface area contributed by atoms with Crippen molar-refractivity contribution in [2.75, 3.05) is 13.2 Å². The molecule has 0 heterocycles. The fraction of sp³-hybridized carbons (Fsp3) is 1.00. The van der Waals surface area contributed by atoms with Crippen LogP contribution in [-0.2, 0) is 9.47 Å². The Morgan fingerprint density at radius 1 is 0.688 bits per heavy atom. The van der Waals surface area contributed by atoms with Crippen LogP contribution < -0.4 is 0 Å². The third-order valence-electron chi connectivity index (χ3n) is 4.49. The van der Waals surface area contributed by atoms with Gasteiger partial charge in [-0.25, -0.2) is 0 Å². The van der Waals surface area contributed by atoms with Gasteiger partial charge in [0.25, 0.3) is 0 Å². The van der Waals surface area contributed by atoms with E-state index < -0.39 is 0 Å². The molecule has 2 nitrogen and oxygen atoms in total. The van der Waals surface area contributed by atoms with Crippen molar-refractivity contribution >= 4 is 0 Å². The Bertz CT molecular complexity index is 189. The highest BCUT2D eigenvalue weighted by molar-refractivity contribution is 5.07. The van der Waals surface area contributed by atoms with Crippen LogP contribution in [0.25, 0.3) is 0 Å². The van der Waals surface area contributed by atoms with Gasteiger partial charge >= 0.3 is 0 Å². The van der Waals surface area contributed by atoms with Crippen molar-refractivity contribution in [3.63, 3.8) is 0 Å². The van der Waals surface area contributed by atoms with Gasteiger partial charge in [0.15, 0.2) is 0 Å². The van der Waals surface area contributed by atoms with Crippen molar-refractivity contribution in [2.24, 2.45) is 0 Å². The third kappa shape index (κ3) is 1.91. The van der Waals surface area contributed by atoms with E-state index in [4.69, 9.17) is 9.47 Å². The van der Waals surface area contributed by atoms with Gasteiger partial charge in [-0.3, -0.25) is 0 Å². The van der Waals surface area contributed by atoms with E-state index in [1.807, 2.05) is 0 Å². The summed E-state index contributed by atoms with van der Waals surface area (Å²) in [6.07, 6.45) is 10.1. The van der Waals surface area contributed by atoms with E-state index in [1.165, 1.54) is 51.4 Å². The maximum Gasteiger partial charge on any atom is 0.0970 e. The number of hydrogen-bond donors (Lipinski definition) is 0. The molecule has 16 heavy (non-hydrogen) atoms. The second-order valence-electron chi connectivity index (χ2n) is 5.27. The van der Waals surface area contributed by atoms with Gasteiger partial charge in [0.1, 0.15) is 0 Å². The largest absolute Gasteiger partial charge is 0.372 e. The SMILES string of the molecule is CCOC1(C2(OCC)CCCC2)CCCC1. The molecule has 2 heteroatoms. The lowest BCUT2D eigenvalue weighted by molar-refractivity contribution is -0.201. The van der Waals surface area contributed by atoms with Crippen LogP contribution in [0.5, 0.6) is 0 Å². The van der Waals surface area contributed by atoms with Crippen LogP contribution in [0.3, 0.4) is 0 Å². The molecule has 2 fully saturated rings. The van der Waals surface area contributed by atoms with Gasteiger partial charge in [-0.05, 0) is 39.5 Å². The Hall–Kier alpha value is -0.0800. The van der Waals surface area contributed by atoms with Crippen LogP contribution in [0, 0.1) is 0 Å². The second kappa shape index (κ2) is 5.05. The lowest BCUT2D eigenvalue weighted by Gasteiger charge is -2.46. The van der Waals surface area contributed by atoms with Crippen molar-refractivity contribution in [1.29, 1.82) is 0 Å². The lowest BCUT2D eigenvalue weighted by atomic mass is 9.79. The molecule has 0 spiro atoms. The zero-order valence-corrected chi connectivity index (χ0v) is 10.9. The summed E-state index contributed by atoms with van der Waals surface area (Å²) < 4.78 is 12.4. The van der Waals surface area contributed by atoms with Gasteiger partial charge in [0, 0.05) is 13.2 Å². The average Bonchev–Trinajstić information content (AvgIpc) is 2.89. The molecule has 0 aromatic rings. The first kappa shape index (κ1) is 12.4. The number of rotatable bonds is 5. The molecule has 0 aromatic heterocycles. The Kier molecular flexibility index (Phi) is 3.91. The van der Waals surface area contributed by atoms with Gasteiger partial charge in [-0.1, -0.05) is 25.7 Å². The topological polar surface area (TPSA) is 18.5 Å². The summed E-state index contributed by atoms with van der Waals surface area (Å²) in [6, 6.07) is 0. The summed E-state index contributed by atoms with van der Waals surface area (Å²) in [5, 5.41) is 0. The normalized spacial score (nSPS) is 27.4. The highest BCUT2D eigenvalue weighted by Gasteiger charge is 2.55.